The number of hydrogen-bond acceptors (Lipinski definition) is 2. The predicted molar refractivity (Wildman–Crippen MR) is 92.4 cm³/mol. The van der Waals surface area contributed by atoms with Gasteiger partial charge in [-0.3, -0.25) is 0 Å². The molecule has 0 saturated carbocycles. The van der Waals surface area contributed by atoms with Crippen LogP contribution in [0, 0.1) is 10.5 Å². The van der Waals surface area contributed by atoms with E-state index in [4.69, 9.17) is 16.0 Å². The molecule has 0 aliphatic heterocycles. The maximum Gasteiger partial charge on any atom is 0.199 e. The van der Waals surface area contributed by atoms with Crippen LogP contribution < -0.4 is 5.32 Å². The number of rotatable bonds is 3. The third-order valence-electron chi connectivity index (χ3n) is 3.29. The van der Waals surface area contributed by atoms with Crippen LogP contribution >= 0.6 is 34.2 Å². The van der Waals surface area contributed by atoms with Gasteiger partial charge >= 0.3 is 0 Å². The molecule has 0 fully saturated rings. The van der Waals surface area contributed by atoms with E-state index in [-0.39, 0.29) is 0 Å². The van der Waals surface area contributed by atoms with Gasteiger partial charge in [0.2, 0.25) is 0 Å². The number of fused-ring (bicyclic) bond motifs is 1. The second-order valence-electron chi connectivity index (χ2n) is 4.67. The number of anilines is 1. The maximum absolute atomic E-state index is 6.18. The summed E-state index contributed by atoms with van der Waals surface area (Å²) in [6, 6.07) is 14.2. The molecule has 1 heterocycles. The van der Waals surface area contributed by atoms with Gasteiger partial charge in [0.15, 0.2) is 5.22 Å². The molecular formula is C16H13ClINO. The molecule has 2 nitrogen and oxygen atoms in total. The Morgan fingerprint density at radius 3 is 2.80 bits per heavy atom. The smallest absolute Gasteiger partial charge is 0.199 e. The molecule has 4 heteroatoms. The molecule has 3 rings (SSSR count). The Kier molecular flexibility index (Phi) is 3.89. The van der Waals surface area contributed by atoms with Crippen LogP contribution in [0.4, 0.5) is 5.69 Å². The molecule has 0 spiro atoms. The standard InChI is InChI=1S/C16H13ClINO/c1-10-6-7-11(8-14(10)18)19-9-13-12-4-2-3-5-15(12)20-16(13)17/h2-8,19H,9H2,1H3. The van der Waals surface area contributed by atoms with Gasteiger partial charge in [-0.1, -0.05) is 24.3 Å². The van der Waals surface area contributed by atoms with Gasteiger partial charge in [-0.15, -0.1) is 0 Å². The minimum absolute atomic E-state index is 0.459. The second kappa shape index (κ2) is 5.66. The maximum atomic E-state index is 6.18. The third-order valence-corrected chi connectivity index (χ3v) is 4.76. The first-order chi connectivity index (χ1) is 9.65. The average Bonchev–Trinajstić information content (AvgIpc) is 2.76. The molecule has 1 N–H and O–H groups in total. The van der Waals surface area contributed by atoms with Gasteiger partial charge in [0.25, 0.3) is 0 Å². The van der Waals surface area contributed by atoms with Gasteiger partial charge in [0.1, 0.15) is 5.58 Å². The highest BCUT2D eigenvalue weighted by Gasteiger charge is 2.11. The zero-order valence-corrected chi connectivity index (χ0v) is 13.8. The van der Waals surface area contributed by atoms with Crippen molar-refractivity contribution in [3.8, 4) is 0 Å². The summed E-state index contributed by atoms with van der Waals surface area (Å²) < 4.78 is 6.80. The lowest BCUT2D eigenvalue weighted by molar-refractivity contribution is 0.613. The Bertz CT molecular complexity index is 766. The quantitative estimate of drug-likeness (QED) is 0.581. The first-order valence-electron chi connectivity index (χ1n) is 6.31. The molecule has 0 saturated heterocycles. The Balaban J connectivity index is 1.86. The van der Waals surface area contributed by atoms with Crippen molar-refractivity contribution in [1.29, 1.82) is 0 Å². The highest BCUT2D eigenvalue weighted by Crippen LogP contribution is 2.30. The molecule has 0 bridgehead atoms. The molecule has 0 radical (unpaired) electrons. The van der Waals surface area contributed by atoms with E-state index in [1.807, 2.05) is 24.3 Å². The summed E-state index contributed by atoms with van der Waals surface area (Å²) in [5.74, 6) is 0. The lowest BCUT2D eigenvalue weighted by atomic mass is 10.1. The molecule has 102 valence electrons. The average molecular weight is 398 g/mol. The minimum Gasteiger partial charge on any atom is -0.444 e. The number of furan rings is 1. The monoisotopic (exact) mass is 397 g/mol. The Hall–Kier alpha value is -1.20. The van der Waals surface area contributed by atoms with Crippen molar-refractivity contribution in [3.63, 3.8) is 0 Å². The summed E-state index contributed by atoms with van der Waals surface area (Å²) >= 11 is 8.52. The number of aryl methyl sites for hydroxylation is 1. The first-order valence-corrected chi connectivity index (χ1v) is 7.77. The third kappa shape index (κ3) is 2.65. The van der Waals surface area contributed by atoms with Crippen LogP contribution in [0.25, 0.3) is 11.0 Å². The van der Waals surface area contributed by atoms with Gasteiger partial charge in [-0.25, -0.2) is 0 Å². The minimum atomic E-state index is 0.459. The molecule has 0 atom stereocenters. The number of hydrogen-bond donors (Lipinski definition) is 1. The van der Waals surface area contributed by atoms with Crippen LogP contribution in [0.1, 0.15) is 11.1 Å². The van der Waals surface area contributed by atoms with Crippen molar-refractivity contribution in [1.82, 2.24) is 0 Å². The Labute approximate surface area is 136 Å². The van der Waals surface area contributed by atoms with E-state index < -0.39 is 0 Å². The molecule has 0 aliphatic rings. The summed E-state index contributed by atoms with van der Waals surface area (Å²) in [7, 11) is 0. The fourth-order valence-electron chi connectivity index (χ4n) is 2.13. The van der Waals surface area contributed by atoms with Crippen LogP contribution in [0.5, 0.6) is 0 Å². The molecular weight excluding hydrogens is 385 g/mol. The fourth-order valence-corrected chi connectivity index (χ4v) is 2.89. The van der Waals surface area contributed by atoms with Crippen molar-refractivity contribution in [2.45, 2.75) is 13.5 Å². The van der Waals surface area contributed by atoms with Gasteiger partial charge in [-0.2, -0.15) is 0 Å². The molecule has 0 aliphatic carbocycles. The zero-order chi connectivity index (χ0) is 14.1. The van der Waals surface area contributed by atoms with E-state index in [1.165, 1.54) is 9.13 Å². The number of nitrogens with one attached hydrogen (secondary N) is 1. The normalized spacial score (nSPS) is 10.9. The van der Waals surface area contributed by atoms with Crippen molar-refractivity contribution in [3.05, 3.63) is 62.4 Å². The van der Waals surface area contributed by atoms with Crippen molar-refractivity contribution in [2.75, 3.05) is 5.32 Å². The van der Waals surface area contributed by atoms with Crippen LogP contribution in [-0.4, -0.2) is 0 Å². The van der Waals surface area contributed by atoms with E-state index >= 15 is 0 Å². The van der Waals surface area contributed by atoms with Gasteiger partial charge in [0, 0.05) is 26.8 Å². The lowest BCUT2D eigenvalue weighted by Crippen LogP contribution is -1.99. The molecule has 20 heavy (non-hydrogen) atoms. The van der Waals surface area contributed by atoms with Crippen molar-refractivity contribution in [2.24, 2.45) is 0 Å². The highest BCUT2D eigenvalue weighted by molar-refractivity contribution is 14.1. The van der Waals surface area contributed by atoms with Crippen LogP contribution in [0.3, 0.4) is 0 Å². The van der Waals surface area contributed by atoms with E-state index in [0.717, 1.165) is 22.2 Å². The SMILES string of the molecule is Cc1ccc(NCc2c(Cl)oc3ccccc23)cc1I. The van der Waals surface area contributed by atoms with Crippen LogP contribution in [-0.2, 0) is 6.54 Å². The molecule has 0 amide bonds. The van der Waals surface area contributed by atoms with Crippen molar-refractivity contribution >= 4 is 50.8 Å². The van der Waals surface area contributed by atoms with Gasteiger partial charge < -0.3 is 9.73 Å². The van der Waals surface area contributed by atoms with Gasteiger partial charge in [-0.05, 0) is 64.9 Å². The van der Waals surface area contributed by atoms with E-state index in [9.17, 15) is 0 Å². The summed E-state index contributed by atoms with van der Waals surface area (Å²) in [6.07, 6.45) is 0. The topological polar surface area (TPSA) is 25.2 Å². The molecule has 3 aromatic rings. The van der Waals surface area contributed by atoms with Crippen LogP contribution in [0.15, 0.2) is 46.9 Å². The zero-order valence-electron chi connectivity index (χ0n) is 10.9. The summed E-state index contributed by atoms with van der Waals surface area (Å²) in [6.45, 7) is 2.75. The molecule has 0 unspecified atom stereocenters. The molecule has 2 aromatic carbocycles. The summed E-state index contributed by atoms with van der Waals surface area (Å²) in [5, 5.41) is 4.92. The largest absolute Gasteiger partial charge is 0.444 e. The van der Waals surface area contributed by atoms with E-state index in [1.54, 1.807) is 0 Å². The Morgan fingerprint density at radius 2 is 2.00 bits per heavy atom. The lowest BCUT2D eigenvalue weighted by Gasteiger charge is -2.07. The number of para-hydroxylation sites is 1. The van der Waals surface area contributed by atoms with Crippen molar-refractivity contribution < 1.29 is 4.42 Å². The Morgan fingerprint density at radius 1 is 1.20 bits per heavy atom. The number of benzene rings is 2. The summed E-state index contributed by atoms with van der Waals surface area (Å²) in [5.41, 5.74) is 4.19. The second-order valence-corrected chi connectivity index (χ2v) is 6.17. The fraction of sp³-hybridized carbons (Fsp3) is 0.125. The van der Waals surface area contributed by atoms with E-state index in [0.29, 0.717) is 11.8 Å². The highest BCUT2D eigenvalue weighted by atomic mass is 127. The number of halogens is 2. The van der Waals surface area contributed by atoms with Gasteiger partial charge in [0.05, 0.1) is 0 Å². The summed E-state index contributed by atoms with van der Waals surface area (Å²) in [4.78, 5) is 0. The molecule has 1 aromatic heterocycles. The van der Waals surface area contributed by atoms with E-state index in [2.05, 4.69) is 53.0 Å². The predicted octanol–water partition coefficient (Wildman–Crippen LogP) is 5.61. The first kappa shape index (κ1) is 13.8. The van der Waals surface area contributed by atoms with Crippen LogP contribution in [0.2, 0.25) is 5.22 Å².